The predicted molar refractivity (Wildman–Crippen MR) is 94.8 cm³/mol. The monoisotopic (exact) mass is 331 g/mol. The van der Waals surface area contributed by atoms with Crippen LogP contribution in [0.25, 0.3) is 0 Å². The van der Waals surface area contributed by atoms with E-state index >= 15 is 0 Å². The first-order valence-electron chi connectivity index (χ1n) is 8.90. The van der Waals surface area contributed by atoms with Crippen LogP contribution in [0.5, 0.6) is 0 Å². The van der Waals surface area contributed by atoms with Crippen LogP contribution in [0.1, 0.15) is 46.5 Å². The van der Waals surface area contributed by atoms with Crippen molar-refractivity contribution in [1.82, 2.24) is 4.90 Å². The second-order valence-corrected chi connectivity index (χ2v) is 7.85. The summed E-state index contributed by atoms with van der Waals surface area (Å²) in [4.78, 5) is 2.45. The molecular formula is C20H29NO3. The Morgan fingerprint density at radius 2 is 2.17 bits per heavy atom. The van der Waals surface area contributed by atoms with Crippen molar-refractivity contribution in [3.05, 3.63) is 48.3 Å². The highest BCUT2D eigenvalue weighted by molar-refractivity contribution is 5.30. The number of nitrogens with zero attached hydrogens (tertiary/aromatic N) is 1. The number of hydrogen-bond donors (Lipinski definition) is 1. The molecule has 24 heavy (non-hydrogen) atoms. The lowest BCUT2D eigenvalue weighted by Gasteiger charge is -2.50. The highest BCUT2D eigenvalue weighted by Crippen LogP contribution is 2.42. The second-order valence-electron chi connectivity index (χ2n) is 7.85. The summed E-state index contributed by atoms with van der Waals surface area (Å²) >= 11 is 0. The van der Waals surface area contributed by atoms with Gasteiger partial charge in [-0.1, -0.05) is 25.2 Å². The topological polar surface area (TPSA) is 41.9 Å². The number of hydrogen-bond acceptors (Lipinski definition) is 4. The predicted octanol–water partition coefficient (Wildman–Crippen LogP) is 3.86. The fourth-order valence-electron chi connectivity index (χ4n) is 3.85. The zero-order chi connectivity index (χ0) is 17.2. The molecule has 0 aromatic heterocycles. The maximum absolute atomic E-state index is 10.7. The molecule has 0 spiro atoms. The standard InChI is InChI=1S/C20H29NO3/c1-19(2,22)20(3)10-7-11-21(15-20)18(16-8-5-4-6-9-16)17-14-23-12-13-24-17/h4-5,8,12-14,18,22H,6-7,9-11,15H2,1-3H3. The van der Waals surface area contributed by atoms with E-state index in [1.165, 1.54) is 5.57 Å². The first-order chi connectivity index (χ1) is 11.4. The first kappa shape index (κ1) is 17.3. The van der Waals surface area contributed by atoms with Gasteiger partial charge in [0.2, 0.25) is 0 Å². The van der Waals surface area contributed by atoms with E-state index in [1.54, 1.807) is 18.8 Å². The van der Waals surface area contributed by atoms with Crippen LogP contribution >= 0.6 is 0 Å². The van der Waals surface area contributed by atoms with Crippen LogP contribution in [0.2, 0.25) is 0 Å². The maximum atomic E-state index is 10.7. The molecule has 2 aliphatic heterocycles. The van der Waals surface area contributed by atoms with E-state index < -0.39 is 5.60 Å². The molecule has 3 aliphatic rings. The molecule has 0 saturated carbocycles. The lowest BCUT2D eigenvalue weighted by Crippen LogP contribution is -2.55. The molecule has 1 fully saturated rings. The summed E-state index contributed by atoms with van der Waals surface area (Å²) in [6, 6.07) is 0.0712. The Balaban J connectivity index is 1.89. The Hall–Kier alpha value is -1.52. The minimum atomic E-state index is -0.713. The molecule has 0 radical (unpaired) electrons. The number of ether oxygens (including phenoxy) is 2. The molecule has 3 rings (SSSR count). The maximum Gasteiger partial charge on any atom is 0.160 e. The molecule has 2 unspecified atom stereocenters. The van der Waals surface area contributed by atoms with E-state index in [0.717, 1.165) is 44.5 Å². The third-order valence-corrected chi connectivity index (χ3v) is 5.76. The Morgan fingerprint density at radius 3 is 2.79 bits per heavy atom. The third-order valence-electron chi connectivity index (χ3n) is 5.76. The smallest absolute Gasteiger partial charge is 0.160 e. The fraction of sp³-hybridized carbons (Fsp3) is 0.600. The van der Waals surface area contributed by atoms with Crippen molar-refractivity contribution in [1.29, 1.82) is 0 Å². The SMILES string of the molecule is CC(C)(O)C1(C)CCCN(C(C2=CC=CCC2)C2=COC=CO2)C1. The highest BCUT2D eigenvalue weighted by atomic mass is 16.5. The quantitative estimate of drug-likeness (QED) is 0.849. The van der Waals surface area contributed by atoms with Crippen LogP contribution in [0.15, 0.2) is 48.3 Å². The largest absolute Gasteiger partial charge is 0.466 e. The zero-order valence-electron chi connectivity index (χ0n) is 15.0. The minimum Gasteiger partial charge on any atom is -0.466 e. The highest BCUT2D eigenvalue weighted by Gasteiger charge is 2.45. The molecular weight excluding hydrogens is 302 g/mol. The van der Waals surface area contributed by atoms with Gasteiger partial charge in [0, 0.05) is 12.0 Å². The third kappa shape index (κ3) is 3.45. The number of allylic oxidation sites excluding steroid dienone is 3. The van der Waals surface area contributed by atoms with Crippen LogP contribution in [0.3, 0.4) is 0 Å². The molecule has 2 atom stereocenters. The molecule has 1 N–H and O–H groups in total. The summed E-state index contributed by atoms with van der Waals surface area (Å²) in [5.74, 6) is 0.832. The zero-order valence-corrected chi connectivity index (χ0v) is 15.0. The van der Waals surface area contributed by atoms with Crippen molar-refractivity contribution < 1.29 is 14.6 Å². The molecule has 0 aromatic rings. The van der Waals surface area contributed by atoms with Crippen molar-refractivity contribution in [2.75, 3.05) is 13.1 Å². The Morgan fingerprint density at radius 1 is 1.33 bits per heavy atom. The Bertz CT molecular complexity index is 582. The van der Waals surface area contributed by atoms with E-state index in [0.29, 0.717) is 0 Å². The number of piperidine rings is 1. The van der Waals surface area contributed by atoms with Gasteiger partial charge in [-0.25, -0.2) is 0 Å². The number of aliphatic hydroxyl groups is 1. The van der Waals surface area contributed by atoms with Gasteiger partial charge in [-0.2, -0.15) is 0 Å². The summed E-state index contributed by atoms with van der Waals surface area (Å²) in [6.45, 7) is 7.89. The lowest BCUT2D eigenvalue weighted by atomic mass is 9.69. The van der Waals surface area contributed by atoms with Crippen molar-refractivity contribution in [3.63, 3.8) is 0 Å². The van der Waals surface area contributed by atoms with Gasteiger partial charge in [-0.05, 0) is 51.6 Å². The van der Waals surface area contributed by atoms with Crippen LogP contribution < -0.4 is 0 Å². The molecule has 132 valence electrons. The number of rotatable bonds is 4. The van der Waals surface area contributed by atoms with Crippen LogP contribution in [0, 0.1) is 5.41 Å². The second kappa shape index (κ2) is 6.77. The molecule has 0 aromatic carbocycles. The Labute approximate surface area is 145 Å². The molecule has 4 heteroatoms. The van der Waals surface area contributed by atoms with Gasteiger partial charge in [0.05, 0.1) is 11.6 Å². The normalized spacial score (nSPS) is 29.3. The summed E-state index contributed by atoms with van der Waals surface area (Å²) in [5, 5.41) is 10.7. The molecule has 1 aliphatic carbocycles. The van der Waals surface area contributed by atoms with Gasteiger partial charge in [0.25, 0.3) is 0 Å². The summed E-state index contributed by atoms with van der Waals surface area (Å²) in [5.41, 5.74) is 0.498. The fourth-order valence-corrected chi connectivity index (χ4v) is 3.85. The van der Waals surface area contributed by atoms with E-state index in [-0.39, 0.29) is 11.5 Å². The van der Waals surface area contributed by atoms with E-state index in [1.807, 2.05) is 13.8 Å². The lowest BCUT2D eigenvalue weighted by molar-refractivity contribution is -0.0882. The van der Waals surface area contributed by atoms with Gasteiger partial charge < -0.3 is 14.6 Å². The van der Waals surface area contributed by atoms with Gasteiger partial charge in [-0.15, -0.1) is 0 Å². The summed E-state index contributed by atoms with van der Waals surface area (Å²) < 4.78 is 11.2. The van der Waals surface area contributed by atoms with Crippen LogP contribution in [0.4, 0.5) is 0 Å². The molecule has 0 amide bonds. The number of likely N-dealkylation sites (tertiary alicyclic amines) is 1. The van der Waals surface area contributed by atoms with E-state index in [9.17, 15) is 5.11 Å². The van der Waals surface area contributed by atoms with Gasteiger partial charge in [0.1, 0.15) is 18.8 Å². The minimum absolute atomic E-state index is 0.0712. The van der Waals surface area contributed by atoms with Crippen molar-refractivity contribution >= 4 is 0 Å². The van der Waals surface area contributed by atoms with Crippen molar-refractivity contribution in [3.8, 4) is 0 Å². The average molecular weight is 331 g/mol. The van der Waals surface area contributed by atoms with Gasteiger partial charge in [-0.3, -0.25) is 4.90 Å². The van der Waals surface area contributed by atoms with Gasteiger partial charge in [0.15, 0.2) is 5.76 Å². The van der Waals surface area contributed by atoms with Crippen molar-refractivity contribution in [2.24, 2.45) is 5.41 Å². The van der Waals surface area contributed by atoms with E-state index in [4.69, 9.17) is 9.47 Å². The van der Waals surface area contributed by atoms with Crippen molar-refractivity contribution in [2.45, 2.75) is 58.1 Å². The van der Waals surface area contributed by atoms with Gasteiger partial charge >= 0.3 is 0 Å². The summed E-state index contributed by atoms with van der Waals surface area (Å²) in [7, 11) is 0. The van der Waals surface area contributed by atoms with Crippen LogP contribution in [-0.2, 0) is 9.47 Å². The first-order valence-corrected chi connectivity index (χ1v) is 8.90. The summed E-state index contributed by atoms with van der Waals surface area (Å²) in [6.07, 6.45) is 15.6. The Kier molecular flexibility index (Phi) is 4.88. The molecule has 2 heterocycles. The molecule has 1 saturated heterocycles. The van der Waals surface area contributed by atoms with Crippen LogP contribution in [-0.4, -0.2) is 34.7 Å². The molecule has 4 nitrogen and oxygen atoms in total. The average Bonchev–Trinajstić information content (AvgIpc) is 2.56. The molecule has 0 bridgehead atoms. The van der Waals surface area contributed by atoms with E-state index in [2.05, 4.69) is 30.1 Å².